The van der Waals surface area contributed by atoms with Gasteiger partial charge < -0.3 is 14.1 Å². The molecule has 7 nitrogen and oxygen atoms in total. The first kappa shape index (κ1) is 23.4. The van der Waals surface area contributed by atoms with Crippen molar-refractivity contribution in [1.29, 1.82) is 0 Å². The van der Waals surface area contributed by atoms with Gasteiger partial charge in [0.25, 0.3) is 0 Å². The Balaban J connectivity index is 1.55. The molecular formula is C22H24F3N3O4. The van der Waals surface area contributed by atoms with Gasteiger partial charge in [-0.3, -0.25) is 9.69 Å². The molecule has 1 aromatic carbocycles. The van der Waals surface area contributed by atoms with Gasteiger partial charge in [-0.15, -0.1) is 0 Å². The average molecular weight is 451 g/mol. The second-order valence-electron chi connectivity index (χ2n) is 8.35. The molecule has 2 aromatic rings. The van der Waals surface area contributed by atoms with Crippen LogP contribution in [0.1, 0.15) is 43.5 Å². The lowest BCUT2D eigenvalue weighted by Gasteiger charge is -2.34. The summed E-state index contributed by atoms with van der Waals surface area (Å²) in [5.74, 6) is 0.0340. The van der Waals surface area contributed by atoms with Crippen molar-refractivity contribution >= 4 is 24.2 Å². The summed E-state index contributed by atoms with van der Waals surface area (Å²) in [6.45, 7) is 6.11. The summed E-state index contributed by atoms with van der Waals surface area (Å²) < 4.78 is 48.5. The largest absolute Gasteiger partial charge is 0.445 e. The van der Waals surface area contributed by atoms with Crippen LogP contribution < -0.4 is 0 Å². The molecule has 2 heterocycles. The lowest BCUT2D eigenvalue weighted by atomic mass is 10.1. The van der Waals surface area contributed by atoms with Crippen LogP contribution in [0.5, 0.6) is 0 Å². The molecule has 0 saturated carbocycles. The van der Waals surface area contributed by atoms with E-state index in [1.165, 1.54) is 29.4 Å². The molecule has 0 aliphatic carbocycles. The highest BCUT2D eigenvalue weighted by atomic mass is 19.4. The highest BCUT2D eigenvalue weighted by molar-refractivity contribution is 5.83. The topological polar surface area (TPSA) is 75.9 Å². The van der Waals surface area contributed by atoms with E-state index in [-0.39, 0.29) is 24.9 Å². The van der Waals surface area contributed by atoms with Gasteiger partial charge >= 0.3 is 12.3 Å². The molecule has 0 N–H and O–H groups in total. The highest BCUT2D eigenvalue weighted by Gasteiger charge is 2.31. The number of aromatic nitrogens is 1. The lowest BCUT2D eigenvalue weighted by molar-refractivity contribution is -0.137. The molecule has 1 aliphatic rings. The molecule has 1 aromatic heterocycles. The quantitative estimate of drug-likeness (QED) is 0.687. The molecule has 0 atom stereocenters. The number of hydrogen-bond donors (Lipinski definition) is 0. The van der Waals surface area contributed by atoms with Crippen molar-refractivity contribution in [3.63, 3.8) is 0 Å². The van der Waals surface area contributed by atoms with E-state index >= 15 is 0 Å². The molecule has 32 heavy (non-hydrogen) atoms. The maximum absolute atomic E-state index is 12.6. The third-order valence-corrected chi connectivity index (χ3v) is 4.55. The van der Waals surface area contributed by atoms with E-state index in [1.54, 1.807) is 31.7 Å². The number of oxazole rings is 1. The number of halogens is 3. The zero-order valence-electron chi connectivity index (χ0n) is 18.0. The number of amides is 2. The van der Waals surface area contributed by atoms with E-state index in [4.69, 9.17) is 9.15 Å². The van der Waals surface area contributed by atoms with Crippen molar-refractivity contribution < 1.29 is 31.9 Å². The fourth-order valence-corrected chi connectivity index (χ4v) is 2.98. The summed E-state index contributed by atoms with van der Waals surface area (Å²) in [5.41, 5.74) is -0.269. The Morgan fingerprint density at radius 1 is 1.16 bits per heavy atom. The van der Waals surface area contributed by atoms with E-state index in [9.17, 15) is 22.8 Å². The molecule has 0 radical (unpaired) electrons. The van der Waals surface area contributed by atoms with E-state index in [0.717, 1.165) is 12.1 Å². The zero-order chi connectivity index (χ0) is 23.5. The number of ether oxygens (including phenoxy) is 1. The van der Waals surface area contributed by atoms with Crippen LogP contribution in [0.2, 0.25) is 0 Å². The van der Waals surface area contributed by atoms with Gasteiger partial charge in [-0.25, -0.2) is 9.78 Å². The molecule has 1 aliphatic heterocycles. The Bertz CT molecular complexity index is 991. The normalized spacial score (nSPS) is 15.5. The standard InChI is InChI=1S/C22H24F3N3O4/c1-21(2,3)32-20(30)28-11-10-27(19(29)13-28)12-17-14-31-18(26-17)9-6-15-4-7-16(8-5-15)22(23,24)25/h4-9,14H,10-13H2,1-3H3/b9-6+. The number of alkyl halides is 3. The maximum atomic E-state index is 12.6. The highest BCUT2D eigenvalue weighted by Crippen LogP contribution is 2.29. The average Bonchev–Trinajstić information content (AvgIpc) is 3.13. The fraction of sp³-hybridized carbons (Fsp3) is 0.409. The Labute approximate surface area is 183 Å². The van der Waals surface area contributed by atoms with Crippen LogP contribution in [0.3, 0.4) is 0 Å². The molecule has 0 spiro atoms. The van der Waals surface area contributed by atoms with Gasteiger partial charge in [0.2, 0.25) is 11.8 Å². The summed E-state index contributed by atoms with van der Waals surface area (Å²) in [5, 5.41) is 0. The third-order valence-electron chi connectivity index (χ3n) is 4.55. The van der Waals surface area contributed by atoms with Gasteiger partial charge in [-0.05, 0) is 44.5 Å². The maximum Gasteiger partial charge on any atom is 0.416 e. The van der Waals surface area contributed by atoms with Gasteiger partial charge in [0, 0.05) is 19.2 Å². The Kier molecular flexibility index (Phi) is 6.61. The number of carbonyl (C=O) groups excluding carboxylic acids is 2. The van der Waals surface area contributed by atoms with Crippen LogP contribution in [-0.2, 0) is 22.3 Å². The first-order valence-electron chi connectivity index (χ1n) is 9.96. The monoisotopic (exact) mass is 451 g/mol. The first-order valence-corrected chi connectivity index (χ1v) is 9.96. The number of piperazine rings is 1. The van der Waals surface area contributed by atoms with Gasteiger partial charge in [0.15, 0.2) is 0 Å². The number of hydrogen-bond acceptors (Lipinski definition) is 5. The summed E-state index contributed by atoms with van der Waals surface area (Å²) >= 11 is 0. The van der Waals surface area contributed by atoms with Crippen LogP contribution in [-0.4, -0.2) is 52.0 Å². The summed E-state index contributed by atoms with van der Waals surface area (Å²) in [6.07, 6.45) is -0.368. The van der Waals surface area contributed by atoms with E-state index in [0.29, 0.717) is 24.3 Å². The molecule has 3 rings (SSSR count). The van der Waals surface area contributed by atoms with Crippen LogP contribution in [0.25, 0.3) is 12.2 Å². The summed E-state index contributed by atoms with van der Waals surface area (Å²) in [6, 6.07) is 4.71. The third kappa shape index (κ3) is 6.35. The summed E-state index contributed by atoms with van der Waals surface area (Å²) in [4.78, 5) is 31.8. The van der Waals surface area contributed by atoms with Crippen LogP contribution in [0.15, 0.2) is 34.9 Å². The molecule has 0 unspecified atom stereocenters. The predicted octanol–water partition coefficient (Wildman–Crippen LogP) is 4.44. The molecule has 172 valence electrons. The number of nitrogens with zero attached hydrogens (tertiary/aromatic N) is 3. The second-order valence-corrected chi connectivity index (χ2v) is 8.35. The molecular weight excluding hydrogens is 427 g/mol. The second kappa shape index (κ2) is 9.05. The Morgan fingerprint density at radius 2 is 1.84 bits per heavy atom. The van der Waals surface area contributed by atoms with Crippen molar-refractivity contribution in [2.24, 2.45) is 0 Å². The Morgan fingerprint density at radius 3 is 2.44 bits per heavy atom. The van der Waals surface area contributed by atoms with Crippen molar-refractivity contribution in [2.75, 3.05) is 19.6 Å². The van der Waals surface area contributed by atoms with E-state index in [2.05, 4.69) is 4.98 Å². The summed E-state index contributed by atoms with van der Waals surface area (Å²) in [7, 11) is 0. The van der Waals surface area contributed by atoms with Crippen molar-refractivity contribution in [2.45, 2.75) is 39.1 Å². The van der Waals surface area contributed by atoms with Crippen LogP contribution >= 0.6 is 0 Å². The molecule has 2 amide bonds. The smallest absolute Gasteiger partial charge is 0.416 e. The van der Waals surface area contributed by atoms with E-state index < -0.39 is 23.4 Å². The first-order chi connectivity index (χ1) is 14.9. The molecule has 10 heteroatoms. The minimum atomic E-state index is -4.38. The predicted molar refractivity (Wildman–Crippen MR) is 110 cm³/mol. The zero-order valence-corrected chi connectivity index (χ0v) is 18.0. The van der Waals surface area contributed by atoms with Gasteiger partial charge in [0.05, 0.1) is 17.8 Å². The van der Waals surface area contributed by atoms with Crippen molar-refractivity contribution in [3.05, 3.63) is 53.2 Å². The SMILES string of the molecule is CC(C)(C)OC(=O)N1CCN(Cc2coc(/C=C/c3ccc(C(F)(F)F)cc3)n2)C(=O)C1. The van der Waals surface area contributed by atoms with Crippen LogP contribution in [0, 0.1) is 0 Å². The molecule has 1 fully saturated rings. The minimum absolute atomic E-state index is 0.0759. The van der Waals surface area contributed by atoms with Gasteiger partial charge in [-0.1, -0.05) is 12.1 Å². The Hall–Kier alpha value is -3.30. The van der Waals surface area contributed by atoms with Gasteiger partial charge in [0.1, 0.15) is 18.4 Å². The molecule has 0 bridgehead atoms. The lowest BCUT2D eigenvalue weighted by Crippen LogP contribution is -2.52. The fourth-order valence-electron chi connectivity index (χ4n) is 2.98. The van der Waals surface area contributed by atoms with Crippen molar-refractivity contribution in [3.8, 4) is 0 Å². The molecule has 1 saturated heterocycles. The number of carbonyl (C=O) groups is 2. The number of rotatable bonds is 4. The van der Waals surface area contributed by atoms with E-state index in [1.807, 2.05) is 0 Å². The van der Waals surface area contributed by atoms with Crippen LogP contribution in [0.4, 0.5) is 18.0 Å². The number of benzene rings is 1. The minimum Gasteiger partial charge on any atom is -0.445 e. The van der Waals surface area contributed by atoms with Gasteiger partial charge in [-0.2, -0.15) is 13.2 Å². The van der Waals surface area contributed by atoms with Crippen molar-refractivity contribution in [1.82, 2.24) is 14.8 Å².